The summed E-state index contributed by atoms with van der Waals surface area (Å²) in [5.41, 5.74) is 4.83. The summed E-state index contributed by atoms with van der Waals surface area (Å²) in [7, 11) is 0. The summed E-state index contributed by atoms with van der Waals surface area (Å²) >= 11 is 6.24. The number of anilines is 1. The van der Waals surface area contributed by atoms with Crippen LogP contribution in [-0.4, -0.2) is 6.10 Å². The van der Waals surface area contributed by atoms with Gasteiger partial charge >= 0.3 is 0 Å². The third kappa shape index (κ3) is 4.68. The topological polar surface area (TPSA) is 21.3 Å². The summed E-state index contributed by atoms with van der Waals surface area (Å²) in [4.78, 5) is 0. The molecule has 0 saturated carbocycles. The zero-order valence-corrected chi connectivity index (χ0v) is 13.8. The van der Waals surface area contributed by atoms with E-state index in [0.29, 0.717) is 5.02 Å². The molecule has 1 N–H and O–H groups in total. The van der Waals surface area contributed by atoms with Gasteiger partial charge in [-0.15, -0.1) is 0 Å². The number of ether oxygens (including phenoxy) is 1. The van der Waals surface area contributed by atoms with E-state index in [9.17, 15) is 0 Å². The van der Waals surface area contributed by atoms with Gasteiger partial charge in [-0.1, -0.05) is 40.9 Å². The first kappa shape index (κ1) is 15.7. The number of halogens is 1. The van der Waals surface area contributed by atoms with Crippen molar-refractivity contribution in [1.82, 2.24) is 0 Å². The van der Waals surface area contributed by atoms with Crippen molar-refractivity contribution in [2.45, 2.75) is 40.3 Å². The Morgan fingerprint density at radius 3 is 2.29 bits per heavy atom. The van der Waals surface area contributed by atoms with E-state index in [2.05, 4.69) is 37.4 Å². The molecule has 0 unspecified atom stereocenters. The van der Waals surface area contributed by atoms with Crippen molar-refractivity contribution in [3.63, 3.8) is 0 Å². The maximum absolute atomic E-state index is 6.24. The van der Waals surface area contributed by atoms with Crippen LogP contribution >= 0.6 is 11.6 Å². The Morgan fingerprint density at radius 2 is 1.71 bits per heavy atom. The van der Waals surface area contributed by atoms with Crippen molar-refractivity contribution in [3.05, 3.63) is 58.1 Å². The molecule has 3 heteroatoms. The molecule has 0 amide bonds. The van der Waals surface area contributed by atoms with Crippen molar-refractivity contribution in [1.29, 1.82) is 0 Å². The van der Waals surface area contributed by atoms with E-state index in [1.54, 1.807) is 0 Å². The summed E-state index contributed by atoms with van der Waals surface area (Å²) in [5.74, 6) is 0.726. The molecule has 0 aromatic heterocycles. The maximum Gasteiger partial charge on any atom is 0.138 e. The number of aryl methyl sites for hydroxylation is 2. The molecule has 0 radical (unpaired) electrons. The standard InChI is InChI=1S/C18H22ClNO/c1-12(2)21-18-6-5-16(10-17(18)19)20-11-15-8-13(3)7-14(4)9-15/h5-10,12,20H,11H2,1-4H3. The van der Waals surface area contributed by atoms with E-state index in [-0.39, 0.29) is 6.10 Å². The second-order valence-electron chi connectivity index (χ2n) is 5.66. The predicted octanol–water partition coefficient (Wildman–Crippen LogP) is 5.36. The normalized spacial score (nSPS) is 10.8. The number of hydrogen-bond donors (Lipinski definition) is 1. The van der Waals surface area contributed by atoms with Crippen LogP contribution in [0.4, 0.5) is 5.69 Å². The van der Waals surface area contributed by atoms with Gasteiger partial charge in [-0.25, -0.2) is 0 Å². The average Bonchev–Trinajstić information content (AvgIpc) is 2.38. The Bertz CT molecular complexity index is 602. The maximum atomic E-state index is 6.24. The van der Waals surface area contributed by atoms with E-state index >= 15 is 0 Å². The van der Waals surface area contributed by atoms with Crippen molar-refractivity contribution in [3.8, 4) is 5.75 Å². The molecular weight excluding hydrogens is 282 g/mol. The van der Waals surface area contributed by atoms with Gasteiger partial charge in [-0.2, -0.15) is 0 Å². The second kappa shape index (κ2) is 6.86. The predicted molar refractivity (Wildman–Crippen MR) is 90.5 cm³/mol. The Labute approximate surface area is 132 Å². The monoisotopic (exact) mass is 303 g/mol. The van der Waals surface area contributed by atoms with Gasteiger partial charge in [0.15, 0.2) is 0 Å². The average molecular weight is 304 g/mol. The van der Waals surface area contributed by atoms with E-state index in [4.69, 9.17) is 16.3 Å². The molecule has 0 aliphatic carbocycles. The molecule has 21 heavy (non-hydrogen) atoms. The van der Waals surface area contributed by atoms with E-state index in [1.807, 2.05) is 32.0 Å². The van der Waals surface area contributed by atoms with Gasteiger partial charge in [0, 0.05) is 12.2 Å². The van der Waals surface area contributed by atoms with Gasteiger partial charge in [0.1, 0.15) is 5.75 Å². The van der Waals surface area contributed by atoms with Crippen LogP contribution in [0.2, 0.25) is 5.02 Å². The van der Waals surface area contributed by atoms with Crippen LogP contribution < -0.4 is 10.1 Å². The van der Waals surface area contributed by atoms with Gasteiger partial charge in [0.2, 0.25) is 0 Å². The molecule has 0 spiro atoms. The molecule has 2 aromatic carbocycles. The minimum absolute atomic E-state index is 0.122. The fraction of sp³-hybridized carbons (Fsp3) is 0.333. The minimum atomic E-state index is 0.122. The van der Waals surface area contributed by atoms with Crippen LogP contribution in [0, 0.1) is 13.8 Å². The van der Waals surface area contributed by atoms with Crippen LogP contribution in [-0.2, 0) is 6.54 Å². The minimum Gasteiger partial charge on any atom is -0.489 e. The molecule has 0 fully saturated rings. The number of hydrogen-bond acceptors (Lipinski definition) is 2. The molecule has 2 nitrogen and oxygen atoms in total. The highest BCUT2D eigenvalue weighted by atomic mass is 35.5. The fourth-order valence-corrected chi connectivity index (χ4v) is 2.56. The molecule has 0 atom stereocenters. The van der Waals surface area contributed by atoms with E-state index < -0.39 is 0 Å². The van der Waals surface area contributed by atoms with Crippen molar-refractivity contribution in [2.24, 2.45) is 0 Å². The Hall–Kier alpha value is -1.67. The Morgan fingerprint density at radius 1 is 1.05 bits per heavy atom. The molecule has 0 aliphatic rings. The van der Waals surface area contributed by atoms with Crippen LogP contribution in [0.15, 0.2) is 36.4 Å². The molecule has 2 aromatic rings. The van der Waals surface area contributed by atoms with Gasteiger partial charge in [0.05, 0.1) is 11.1 Å². The summed E-state index contributed by atoms with van der Waals surface area (Å²) in [6.45, 7) is 8.99. The zero-order valence-electron chi connectivity index (χ0n) is 13.0. The van der Waals surface area contributed by atoms with Crippen LogP contribution in [0.5, 0.6) is 5.75 Å². The largest absolute Gasteiger partial charge is 0.489 e. The van der Waals surface area contributed by atoms with Crippen molar-refractivity contribution < 1.29 is 4.74 Å². The molecule has 2 rings (SSSR count). The third-order valence-corrected chi connectivity index (χ3v) is 3.37. The van der Waals surface area contributed by atoms with Crippen LogP contribution in [0.25, 0.3) is 0 Å². The van der Waals surface area contributed by atoms with Crippen molar-refractivity contribution >= 4 is 17.3 Å². The van der Waals surface area contributed by atoms with Crippen LogP contribution in [0.1, 0.15) is 30.5 Å². The molecule has 0 saturated heterocycles. The smallest absolute Gasteiger partial charge is 0.138 e. The first-order valence-electron chi connectivity index (χ1n) is 7.21. The molecule has 0 bridgehead atoms. The fourth-order valence-electron chi connectivity index (χ4n) is 2.34. The Kier molecular flexibility index (Phi) is 5.13. The molecule has 0 aliphatic heterocycles. The molecule has 0 heterocycles. The molecular formula is C18H22ClNO. The Balaban J connectivity index is 2.05. The van der Waals surface area contributed by atoms with Gasteiger partial charge in [-0.3, -0.25) is 0 Å². The lowest BCUT2D eigenvalue weighted by atomic mass is 10.1. The van der Waals surface area contributed by atoms with Crippen molar-refractivity contribution in [2.75, 3.05) is 5.32 Å². The van der Waals surface area contributed by atoms with Gasteiger partial charge in [-0.05, 0) is 51.5 Å². The zero-order chi connectivity index (χ0) is 15.4. The summed E-state index contributed by atoms with van der Waals surface area (Å²) in [6, 6.07) is 12.4. The van der Waals surface area contributed by atoms with E-state index in [0.717, 1.165) is 18.0 Å². The van der Waals surface area contributed by atoms with Crippen LogP contribution in [0.3, 0.4) is 0 Å². The lowest BCUT2D eigenvalue weighted by Crippen LogP contribution is -2.06. The number of nitrogens with one attached hydrogen (secondary N) is 1. The lowest BCUT2D eigenvalue weighted by molar-refractivity contribution is 0.242. The lowest BCUT2D eigenvalue weighted by Gasteiger charge is -2.13. The summed E-state index contributed by atoms with van der Waals surface area (Å²) in [6.07, 6.45) is 0.122. The number of benzene rings is 2. The SMILES string of the molecule is Cc1cc(C)cc(CNc2ccc(OC(C)C)c(Cl)c2)c1. The third-order valence-electron chi connectivity index (χ3n) is 3.07. The second-order valence-corrected chi connectivity index (χ2v) is 6.07. The highest BCUT2D eigenvalue weighted by molar-refractivity contribution is 6.32. The van der Waals surface area contributed by atoms with E-state index in [1.165, 1.54) is 16.7 Å². The quantitative estimate of drug-likeness (QED) is 0.803. The first-order chi connectivity index (χ1) is 9.94. The van der Waals surface area contributed by atoms with Gasteiger partial charge in [0.25, 0.3) is 0 Å². The highest BCUT2D eigenvalue weighted by Gasteiger charge is 2.05. The highest BCUT2D eigenvalue weighted by Crippen LogP contribution is 2.28. The summed E-state index contributed by atoms with van der Waals surface area (Å²) < 4.78 is 5.63. The molecule has 112 valence electrons. The number of rotatable bonds is 5. The van der Waals surface area contributed by atoms with Gasteiger partial charge < -0.3 is 10.1 Å². The first-order valence-corrected chi connectivity index (χ1v) is 7.59. The summed E-state index contributed by atoms with van der Waals surface area (Å²) in [5, 5.41) is 4.03.